The SMILES string of the molecule is O=C(NC1CCN(CC2CCCCC2)CC1)c1cn[nH]c1-c1ccccc1. The Balaban J connectivity index is 1.29. The number of rotatable bonds is 5. The van der Waals surface area contributed by atoms with Gasteiger partial charge < -0.3 is 10.2 Å². The second-order valence-electron chi connectivity index (χ2n) is 8.08. The van der Waals surface area contributed by atoms with E-state index in [2.05, 4.69) is 20.4 Å². The van der Waals surface area contributed by atoms with Gasteiger partial charge in [0.15, 0.2) is 0 Å². The number of hydrogen-bond acceptors (Lipinski definition) is 3. The molecule has 1 aromatic carbocycles. The predicted molar refractivity (Wildman–Crippen MR) is 108 cm³/mol. The summed E-state index contributed by atoms with van der Waals surface area (Å²) in [6, 6.07) is 10.2. The van der Waals surface area contributed by atoms with E-state index >= 15 is 0 Å². The van der Waals surface area contributed by atoms with E-state index in [1.54, 1.807) is 6.20 Å². The Morgan fingerprint density at radius 2 is 1.81 bits per heavy atom. The number of benzene rings is 1. The number of carbonyl (C=O) groups is 1. The van der Waals surface area contributed by atoms with Crippen molar-refractivity contribution >= 4 is 5.91 Å². The van der Waals surface area contributed by atoms with Gasteiger partial charge in [-0.05, 0) is 31.6 Å². The van der Waals surface area contributed by atoms with Crippen LogP contribution in [0.25, 0.3) is 11.3 Å². The maximum atomic E-state index is 12.8. The molecule has 1 saturated heterocycles. The predicted octanol–water partition coefficient (Wildman–Crippen LogP) is 3.85. The van der Waals surface area contributed by atoms with E-state index in [0.717, 1.165) is 43.1 Å². The number of likely N-dealkylation sites (tertiary alicyclic amines) is 1. The summed E-state index contributed by atoms with van der Waals surface area (Å²) in [7, 11) is 0. The van der Waals surface area contributed by atoms with Crippen molar-refractivity contribution in [2.45, 2.75) is 51.0 Å². The van der Waals surface area contributed by atoms with Crippen LogP contribution in [0.2, 0.25) is 0 Å². The number of carbonyl (C=O) groups excluding carboxylic acids is 1. The first kappa shape index (κ1) is 18.2. The molecule has 27 heavy (non-hydrogen) atoms. The van der Waals surface area contributed by atoms with E-state index in [-0.39, 0.29) is 11.9 Å². The van der Waals surface area contributed by atoms with Crippen molar-refractivity contribution in [3.05, 3.63) is 42.1 Å². The Labute approximate surface area is 161 Å². The molecule has 144 valence electrons. The molecular weight excluding hydrogens is 336 g/mol. The fourth-order valence-corrected chi connectivity index (χ4v) is 4.54. The smallest absolute Gasteiger partial charge is 0.255 e. The van der Waals surface area contributed by atoms with E-state index in [9.17, 15) is 4.79 Å². The molecule has 0 atom stereocenters. The number of aromatic amines is 1. The molecule has 4 rings (SSSR count). The Hall–Kier alpha value is -2.14. The van der Waals surface area contributed by atoms with Crippen LogP contribution in [0.4, 0.5) is 0 Å². The molecular formula is C22H30N4O. The van der Waals surface area contributed by atoms with Crippen LogP contribution >= 0.6 is 0 Å². The van der Waals surface area contributed by atoms with Crippen LogP contribution in [-0.4, -0.2) is 46.7 Å². The first-order valence-electron chi connectivity index (χ1n) is 10.4. The van der Waals surface area contributed by atoms with Gasteiger partial charge in [-0.2, -0.15) is 5.10 Å². The molecule has 1 aromatic heterocycles. The summed E-state index contributed by atoms with van der Waals surface area (Å²) in [5.41, 5.74) is 2.41. The van der Waals surface area contributed by atoms with Crippen molar-refractivity contribution in [3.8, 4) is 11.3 Å². The van der Waals surface area contributed by atoms with Crippen molar-refractivity contribution in [3.63, 3.8) is 0 Å². The van der Waals surface area contributed by atoms with Gasteiger partial charge in [-0.25, -0.2) is 0 Å². The van der Waals surface area contributed by atoms with Gasteiger partial charge in [0.2, 0.25) is 0 Å². The molecule has 1 aliphatic heterocycles. The summed E-state index contributed by atoms with van der Waals surface area (Å²) in [5, 5.41) is 10.3. The number of H-pyrrole nitrogens is 1. The van der Waals surface area contributed by atoms with Crippen LogP contribution in [0, 0.1) is 5.92 Å². The largest absolute Gasteiger partial charge is 0.349 e. The molecule has 5 nitrogen and oxygen atoms in total. The van der Waals surface area contributed by atoms with Gasteiger partial charge in [0.1, 0.15) is 0 Å². The Morgan fingerprint density at radius 3 is 2.56 bits per heavy atom. The minimum absolute atomic E-state index is 0.0201. The summed E-state index contributed by atoms with van der Waals surface area (Å²) in [4.78, 5) is 15.4. The second kappa shape index (κ2) is 8.70. The fraction of sp³-hybridized carbons (Fsp3) is 0.545. The maximum absolute atomic E-state index is 12.8. The van der Waals surface area contributed by atoms with E-state index in [1.807, 2.05) is 30.3 Å². The van der Waals surface area contributed by atoms with E-state index in [1.165, 1.54) is 38.6 Å². The number of amides is 1. The van der Waals surface area contributed by atoms with Crippen LogP contribution in [0.1, 0.15) is 55.3 Å². The lowest BCUT2D eigenvalue weighted by Crippen LogP contribution is -2.46. The van der Waals surface area contributed by atoms with Gasteiger partial charge in [-0.1, -0.05) is 49.6 Å². The van der Waals surface area contributed by atoms with Crippen molar-refractivity contribution in [2.75, 3.05) is 19.6 Å². The van der Waals surface area contributed by atoms with Crippen LogP contribution in [0.15, 0.2) is 36.5 Å². The first-order valence-corrected chi connectivity index (χ1v) is 10.4. The van der Waals surface area contributed by atoms with Gasteiger partial charge in [0.05, 0.1) is 17.5 Å². The maximum Gasteiger partial charge on any atom is 0.255 e. The van der Waals surface area contributed by atoms with E-state index in [0.29, 0.717) is 5.56 Å². The molecule has 0 unspecified atom stereocenters. The fourth-order valence-electron chi connectivity index (χ4n) is 4.54. The van der Waals surface area contributed by atoms with E-state index in [4.69, 9.17) is 0 Å². The number of hydrogen-bond donors (Lipinski definition) is 2. The zero-order valence-corrected chi connectivity index (χ0v) is 16.0. The molecule has 1 amide bonds. The van der Waals surface area contributed by atoms with Gasteiger partial charge >= 0.3 is 0 Å². The first-order chi connectivity index (χ1) is 13.3. The summed E-state index contributed by atoms with van der Waals surface area (Å²) < 4.78 is 0. The van der Waals surface area contributed by atoms with Gasteiger partial charge in [0.25, 0.3) is 5.91 Å². The van der Waals surface area contributed by atoms with Gasteiger partial charge in [-0.15, -0.1) is 0 Å². The molecule has 0 radical (unpaired) electrons. The van der Waals surface area contributed by atoms with Crippen LogP contribution in [-0.2, 0) is 0 Å². The van der Waals surface area contributed by atoms with Crippen molar-refractivity contribution in [1.29, 1.82) is 0 Å². The summed E-state index contributed by atoms with van der Waals surface area (Å²) in [6.45, 7) is 3.44. The average molecular weight is 367 g/mol. The highest BCUT2D eigenvalue weighted by Crippen LogP contribution is 2.26. The Bertz CT molecular complexity index is 728. The van der Waals surface area contributed by atoms with Crippen molar-refractivity contribution in [2.24, 2.45) is 5.92 Å². The topological polar surface area (TPSA) is 61.0 Å². The van der Waals surface area contributed by atoms with Crippen molar-refractivity contribution in [1.82, 2.24) is 20.4 Å². The van der Waals surface area contributed by atoms with E-state index < -0.39 is 0 Å². The summed E-state index contributed by atoms with van der Waals surface area (Å²) in [6.07, 6.45) is 10.8. The van der Waals surface area contributed by atoms with Crippen molar-refractivity contribution < 1.29 is 4.79 Å². The summed E-state index contributed by atoms with van der Waals surface area (Å²) in [5.74, 6) is 0.873. The number of aromatic nitrogens is 2. The summed E-state index contributed by atoms with van der Waals surface area (Å²) >= 11 is 0. The third-order valence-corrected chi connectivity index (χ3v) is 6.11. The molecule has 2 heterocycles. The third kappa shape index (κ3) is 4.59. The Kier molecular flexibility index (Phi) is 5.87. The monoisotopic (exact) mass is 366 g/mol. The lowest BCUT2D eigenvalue weighted by molar-refractivity contribution is 0.0902. The van der Waals surface area contributed by atoms with Gasteiger partial charge in [0, 0.05) is 31.2 Å². The lowest BCUT2D eigenvalue weighted by Gasteiger charge is -2.35. The third-order valence-electron chi connectivity index (χ3n) is 6.11. The van der Waals surface area contributed by atoms with Gasteiger partial charge in [-0.3, -0.25) is 9.89 Å². The molecule has 1 saturated carbocycles. The highest BCUT2D eigenvalue weighted by molar-refractivity contribution is 5.99. The zero-order valence-electron chi connectivity index (χ0n) is 16.0. The number of nitrogens with zero attached hydrogens (tertiary/aromatic N) is 2. The minimum atomic E-state index is -0.0201. The van der Waals surface area contributed by atoms with Crippen LogP contribution in [0.3, 0.4) is 0 Å². The Morgan fingerprint density at radius 1 is 1.07 bits per heavy atom. The molecule has 0 bridgehead atoms. The molecule has 0 spiro atoms. The molecule has 2 fully saturated rings. The molecule has 1 aliphatic carbocycles. The average Bonchev–Trinajstić information content (AvgIpc) is 3.21. The molecule has 2 aliphatic rings. The highest BCUT2D eigenvalue weighted by Gasteiger charge is 2.25. The quantitative estimate of drug-likeness (QED) is 0.845. The molecule has 5 heteroatoms. The normalized spacial score (nSPS) is 19.9. The molecule has 2 aromatic rings. The van der Waals surface area contributed by atoms with Crippen LogP contribution in [0.5, 0.6) is 0 Å². The highest BCUT2D eigenvalue weighted by atomic mass is 16.1. The standard InChI is InChI=1S/C22H30N4O/c27-22(20-15-23-25-21(20)18-9-5-2-6-10-18)24-19-11-13-26(14-12-19)16-17-7-3-1-4-8-17/h2,5-6,9-10,15,17,19H,1,3-4,7-8,11-14,16H2,(H,23,25)(H,24,27). The lowest BCUT2D eigenvalue weighted by atomic mass is 9.88. The minimum Gasteiger partial charge on any atom is -0.349 e. The zero-order chi connectivity index (χ0) is 18.5. The number of nitrogens with one attached hydrogen (secondary N) is 2. The number of piperidine rings is 1. The molecule has 2 N–H and O–H groups in total. The van der Waals surface area contributed by atoms with Crippen LogP contribution < -0.4 is 5.32 Å². The second-order valence-corrected chi connectivity index (χ2v) is 8.08.